The Labute approximate surface area is 86.9 Å². The van der Waals surface area contributed by atoms with Gasteiger partial charge in [-0.2, -0.15) is 0 Å². The highest BCUT2D eigenvalue weighted by Crippen LogP contribution is 2.36. The Balaban J connectivity index is 2.21. The van der Waals surface area contributed by atoms with Crippen molar-refractivity contribution < 1.29 is 14.3 Å². The van der Waals surface area contributed by atoms with Crippen molar-refractivity contribution in [1.29, 1.82) is 0 Å². The summed E-state index contributed by atoms with van der Waals surface area (Å²) in [5.74, 6) is -1.32. The van der Waals surface area contributed by atoms with Crippen LogP contribution >= 0.6 is 0 Å². The van der Waals surface area contributed by atoms with Crippen LogP contribution in [0.2, 0.25) is 0 Å². The first-order valence-corrected chi connectivity index (χ1v) is 4.90. The zero-order valence-electron chi connectivity index (χ0n) is 8.16. The summed E-state index contributed by atoms with van der Waals surface area (Å²) in [6.45, 7) is 0. The maximum absolute atomic E-state index is 13.3. The van der Waals surface area contributed by atoms with E-state index in [2.05, 4.69) is 5.32 Å². The summed E-state index contributed by atoms with van der Waals surface area (Å²) in [5, 5.41) is 11.8. The van der Waals surface area contributed by atoms with Gasteiger partial charge < -0.3 is 10.4 Å². The average molecular weight is 209 g/mol. The molecule has 0 bridgehead atoms. The van der Waals surface area contributed by atoms with Gasteiger partial charge in [0.2, 0.25) is 0 Å². The van der Waals surface area contributed by atoms with Gasteiger partial charge in [-0.05, 0) is 31.4 Å². The van der Waals surface area contributed by atoms with Crippen molar-refractivity contribution in [2.24, 2.45) is 0 Å². The summed E-state index contributed by atoms with van der Waals surface area (Å²) in [4.78, 5) is 11.0. The van der Waals surface area contributed by atoms with Gasteiger partial charge in [-0.15, -0.1) is 0 Å². The van der Waals surface area contributed by atoms with Gasteiger partial charge in [-0.3, -0.25) is 0 Å². The second-order valence-electron chi connectivity index (χ2n) is 3.85. The molecule has 0 aliphatic heterocycles. The molecule has 1 aliphatic carbocycles. The van der Waals surface area contributed by atoms with Crippen LogP contribution in [0.25, 0.3) is 0 Å². The maximum atomic E-state index is 13.3. The summed E-state index contributed by atoms with van der Waals surface area (Å²) < 4.78 is 13.3. The lowest BCUT2D eigenvalue weighted by atomic mass is 9.76. The maximum Gasteiger partial charge on any atom is 0.329 e. The van der Waals surface area contributed by atoms with Crippen molar-refractivity contribution in [3.8, 4) is 0 Å². The normalized spacial score (nSPS) is 17.9. The molecule has 0 spiro atoms. The molecule has 1 aliphatic rings. The van der Waals surface area contributed by atoms with E-state index in [0.29, 0.717) is 12.8 Å². The van der Waals surface area contributed by atoms with Crippen LogP contribution in [-0.4, -0.2) is 16.6 Å². The fraction of sp³-hybridized carbons (Fsp3) is 0.364. The molecule has 3 nitrogen and oxygen atoms in total. The highest BCUT2D eigenvalue weighted by molar-refractivity contribution is 5.84. The van der Waals surface area contributed by atoms with Crippen LogP contribution in [0.5, 0.6) is 0 Å². The molecule has 0 saturated heterocycles. The number of hydrogen-bond donors (Lipinski definition) is 2. The van der Waals surface area contributed by atoms with Gasteiger partial charge in [0.25, 0.3) is 0 Å². The molecule has 1 aromatic carbocycles. The molecule has 1 fully saturated rings. The molecule has 0 aromatic heterocycles. The summed E-state index contributed by atoms with van der Waals surface area (Å²) in [6, 6.07) is 6.13. The topological polar surface area (TPSA) is 49.3 Å². The first-order chi connectivity index (χ1) is 7.14. The first-order valence-electron chi connectivity index (χ1n) is 4.90. The molecule has 80 valence electrons. The number of anilines is 1. The predicted molar refractivity (Wildman–Crippen MR) is 54.2 cm³/mol. The van der Waals surface area contributed by atoms with Gasteiger partial charge in [0.05, 0.1) is 5.69 Å². The van der Waals surface area contributed by atoms with Gasteiger partial charge in [0, 0.05) is 0 Å². The van der Waals surface area contributed by atoms with Crippen LogP contribution in [0.4, 0.5) is 10.1 Å². The highest BCUT2D eigenvalue weighted by atomic mass is 19.1. The summed E-state index contributed by atoms with van der Waals surface area (Å²) in [7, 11) is 0. The Morgan fingerprint density at radius 2 is 2.07 bits per heavy atom. The third-order valence-corrected chi connectivity index (χ3v) is 2.86. The SMILES string of the molecule is O=C(O)C1(Nc2ccccc2F)CCC1. The molecule has 1 aromatic rings. The first kappa shape index (κ1) is 9.96. The van der Waals surface area contributed by atoms with Crippen LogP contribution in [0.3, 0.4) is 0 Å². The molecule has 1 saturated carbocycles. The Morgan fingerprint density at radius 1 is 1.40 bits per heavy atom. The van der Waals surface area contributed by atoms with Crippen LogP contribution in [0.15, 0.2) is 24.3 Å². The van der Waals surface area contributed by atoms with Crippen LogP contribution in [-0.2, 0) is 4.79 Å². The lowest BCUT2D eigenvalue weighted by Gasteiger charge is -2.39. The number of carbonyl (C=O) groups is 1. The van der Waals surface area contributed by atoms with Crippen LogP contribution < -0.4 is 5.32 Å². The van der Waals surface area contributed by atoms with Gasteiger partial charge in [0.15, 0.2) is 0 Å². The van der Waals surface area contributed by atoms with Crippen LogP contribution in [0, 0.1) is 5.82 Å². The monoisotopic (exact) mass is 209 g/mol. The zero-order chi connectivity index (χ0) is 10.9. The second kappa shape index (κ2) is 3.53. The van der Waals surface area contributed by atoms with E-state index in [1.807, 2.05) is 0 Å². The molecule has 0 heterocycles. The molecule has 2 N–H and O–H groups in total. The van der Waals surface area contributed by atoms with E-state index >= 15 is 0 Å². The number of nitrogens with one attached hydrogen (secondary N) is 1. The summed E-state index contributed by atoms with van der Waals surface area (Å²) >= 11 is 0. The van der Waals surface area contributed by atoms with Crippen molar-refractivity contribution in [3.05, 3.63) is 30.1 Å². The largest absolute Gasteiger partial charge is 0.480 e. The predicted octanol–water partition coefficient (Wildman–Crippen LogP) is 2.24. The standard InChI is InChI=1S/C11H12FNO2/c12-8-4-1-2-5-9(8)13-11(10(14)15)6-3-7-11/h1-2,4-5,13H,3,6-7H2,(H,14,15). The summed E-state index contributed by atoms with van der Waals surface area (Å²) in [5.41, 5.74) is -0.693. The number of carboxylic acid groups (broad SMARTS) is 1. The van der Waals surface area contributed by atoms with E-state index in [9.17, 15) is 9.18 Å². The Kier molecular flexibility index (Phi) is 2.34. The molecule has 15 heavy (non-hydrogen) atoms. The lowest BCUT2D eigenvalue weighted by molar-refractivity contribution is -0.145. The number of carboxylic acids is 1. The van der Waals surface area contributed by atoms with Gasteiger partial charge in [0.1, 0.15) is 11.4 Å². The minimum Gasteiger partial charge on any atom is -0.480 e. The van der Waals surface area contributed by atoms with Crippen molar-refractivity contribution in [1.82, 2.24) is 0 Å². The van der Waals surface area contributed by atoms with Crippen molar-refractivity contribution in [3.63, 3.8) is 0 Å². The van der Waals surface area contributed by atoms with E-state index in [1.165, 1.54) is 6.07 Å². The second-order valence-corrected chi connectivity index (χ2v) is 3.85. The molecule has 2 rings (SSSR count). The summed E-state index contributed by atoms with van der Waals surface area (Å²) in [6.07, 6.45) is 1.97. The number of halogens is 1. The van der Waals surface area contributed by atoms with E-state index in [4.69, 9.17) is 5.11 Å². The fourth-order valence-electron chi connectivity index (χ4n) is 1.74. The third kappa shape index (κ3) is 1.67. The van der Waals surface area contributed by atoms with Crippen molar-refractivity contribution >= 4 is 11.7 Å². The number of rotatable bonds is 3. The van der Waals surface area contributed by atoms with Gasteiger partial charge in [-0.1, -0.05) is 12.1 Å². The molecule has 4 heteroatoms. The smallest absolute Gasteiger partial charge is 0.329 e. The highest BCUT2D eigenvalue weighted by Gasteiger charge is 2.44. The minimum absolute atomic E-state index is 0.264. The molecule has 0 amide bonds. The number of para-hydroxylation sites is 1. The van der Waals surface area contributed by atoms with E-state index in [1.54, 1.807) is 18.2 Å². The Morgan fingerprint density at radius 3 is 2.53 bits per heavy atom. The molecule has 0 radical (unpaired) electrons. The third-order valence-electron chi connectivity index (χ3n) is 2.86. The van der Waals surface area contributed by atoms with E-state index < -0.39 is 17.3 Å². The zero-order valence-corrected chi connectivity index (χ0v) is 8.16. The molecule has 0 atom stereocenters. The van der Waals surface area contributed by atoms with Crippen molar-refractivity contribution in [2.75, 3.05) is 5.32 Å². The Hall–Kier alpha value is -1.58. The molecule has 0 unspecified atom stereocenters. The van der Waals surface area contributed by atoms with Crippen molar-refractivity contribution in [2.45, 2.75) is 24.8 Å². The van der Waals surface area contributed by atoms with Crippen LogP contribution in [0.1, 0.15) is 19.3 Å². The van der Waals surface area contributed by atoms with E-state index in [0.717, 1.165) is 6.42 Å². The quantitative estimate of drug-likeness (QED) is 0.802. The lowest BCUT2D eigenvalue weighted by Crippen LogP contribution is -2.52. The number of hydrogen-bond acceptors (Lipinski definition) is 2. The van der Waals surface area contributed by atoms with Gasteiger partial charge in [-0.25, -0.2) is 9.18 Å². The average Bonchev–Trinajstić information content (AvgIpc) is 2.13. The molecular formula is C11H12FNO2. The Bertz CT molecular complexity index is 388. The number of aliphatic carboxylic acids is 1. The minimum atomic E-state index is -0.956. The number of benzene rings is 1. The van der Waals surface area contributed by atoms with E-state index in [-0.39, 0.29) is 5.69 Å². The molecular weight excluding hydrogens is 197 g/mol. The van der Waals surface area contributed by atoms with Gasteiger partial charge >= 0.3 is 5.97 Å². The fourth-order valence-corrected chi connectivity index (χ4v) is 1.74.